The van der Waals surface area contributed by atoms with E-state index >= 15 is 0 Å². The molecule has 0 saturated carbocycles. The molecule has 0 bridgehead atoms. The summed E-state index contributed by atoms with van der Waals surface area (Å²) in [4.78, 5) is 23.4. The molecule has 27 heavy (non-hydrogen) atoms. The molecule has 2 aromatic carbocycles. The van der Waals surface area contributed by atoms with Gasteiger partial charge in [-0.1, -0.05) is 37.6 Å². The van der Waals surface area contributed by atoms with Gasteiger partial charge in [0.1, 0.15) is 11.6 Å². The van der Waals surface area contributed by atoms with Crippen molar-refractivity contribution in [2.75, 3.05) is 13.7 Å². The molecule has 0 aliphatic rings. The SMILES string of the molecule is CCCCNC(=O)Oc1cccc(-c2ccc(C(C)C(=O)OC)cc2F)c1. The van der Waals surface area contributed by atoms with Crippen LogP contribution in [0.3, 0.4) is 0 Å². The van der Waals surface area contributed by atoms with Gasteiger partial charge >= 0.3 is 12.1 Å². The number of halogens is 1. The molecule has 2 aromatic rings. The van der Waals surface area contributed by atoms with Crippen molar-refractivity contribution in [1.82, 2.24) is 5.32 Å². The number of hydrogen-bond donors (Lipinski definition) is 1. The smallest absolute Gasteiger partial charge is 0.412 e. The predicted octanol–water partition coefficient (Wildman–Crippen LogP) is 4.66. The number of unbranched alkanes of at least 4 members (excludes halogenated alkanes) is 1. The highest BCUT2D eigenvalue weighted by Gasteiger charge is 2.18. The molecule has 0 aliphatic heterocycles. The minimum absolute atomic E-state index is 0.327. The van der Waals surface area contributed by atoms with Crippen molar-refractivity contribution in [2.45, 2.75) is 32.6 Å². The van der Waals surface area contributed by atoms with Crippen LogP contribution in [0.4, 0.5) is 9.18 Å². The summed E-state index contributed by atoms with van der Waals surface area (Å²) in [6.45, 7) is 4.23. The number of carbonyl (C=O) groups excluding carboxylic acids is 2. The van der Waals surface area contributed by atoms with E-state index in [-0.39, 0.29) is 0 Å². The number of carbonyl (C=O) groups is 2. The van der Waals surface area contributed by atoms with Gasteiger partial charge in [0.05, 0.1) is 13.0 Å². The average Bonchev–Trinajstić information content (AvgIpc) is 2.67. The van der Waals surface area contributed by atoms with Gasteiger partial charge in [-0.3, -0.25) is 4.79 Å². The number of ether oxygens (including phenoxy) is 2. The minimum Gasteiger partial charge on any atom is -0.469 e. The fraction of sp³-hybridized carbons (Fsp3) is 0.333. The van der Waals surface area contributed by atoms with Gasteiger partial charge in [-0.25, -0.2) is 9.18 Å². The molecule has 0 spiro atoms. The number of amides is 1. The number of rotatable bonds is 7. The molecule has 0 aliphatic carbocycles. The Morgan fingerprint density at radius 1 is 1.19 bits per heavy atom. The van der Waals surface area contributed by atoms with Gasteiger partial charge in [-0.15, -0.1) is 0 Å². The second-order valence-corrected chi connectivity index (χ2v) is 6.18. The van der Waals surface area contributed by atoms with E-state index in [2.05, 4.69) is 5.32 Å². The van der Waals surface area contributed by atoms with Crippen molar-refractivity contribution in [3.8, 4) is 16.9 Å². The van der Waals surface area contributed by atoms with E-state index in [1.54, 1.807) is 43.3 Å². The molecule has 0 saturated heterocycles. The Balaban J connectivity index is 2.16. The van der Waals surface area contributed by atoms with Crippen LogP contribution >= 0.6 is 0 Å². The predicted molar refractivity (Wildman–Crippen MR) is 101 cm³/mol. The molecule has 1 amide bonds. The molecule has 0 aromatic heterocycles. The third kappa shape index (κ3) is 5.54. The van der Waals surface area contributed by atoms with Gasteiger partial charge in [0.2, 0.25) is 0 Å². The summed E-state index contributed by atoms with van der Waals surface area (Å²) in [7, 11) is 1.30. The first kappa shape index (κ1) is 20.4. The third-order valence-corrected chi connectivity index (χ3v) is 4.20. The third-order valence-electron chi connectivity index (χ3n) is 4.20. The molecule has 1 N–H and O–H groups in total. The summed E-state index contributed by atoms with van der Waals surface area (Å²) in [5, 5.41) is 2.66. The first-order valence-electron chi connectivity index (χ1n) is 8.89. The zero-order chi connectivity index (χ0) is 19.8. The number of hydrogen-bond acceptors (Lipinski definition) is 4. The van der Waals surface area contributed by atoms with Crippen LogP contribution in [0.2, 0.25) is 0 Å². The highest BCUT2D eigenvalue weighted by Crippen LogP contribution is 2.29. The van der Waals surface area contributed by atoms with E-state index in [0.29, 0.717) is 29.0 Å². The molecule has 0 radical (unpaired) electrons. The molecule has 2 rings (SSSR count). The Bertz CT molecular complexity index is 807. The standard InChI is InChI=1S/C21H24FNO4/c1-4-5-11-23-21(25)27-17-8-6-7-16(12-17)18-10-9-15(13-19(18)22)14(2)20(24)26-3/h6-10,12-14H,4-5,11H2,1-3H3,(H,23,25). The summed E-state index contributed by atoms with van der Waals surface area (Å²) in [5.41, 5.74) is 1.46. The van der Waals surface area contributed by atoms with Crippen molar-refractivity contribution in [3.63, 3.8) is 0 Å². The highest BCUT2D eigenvalue weighted by atomic mass is 19.1. The van der Waals surface area contributed by atoms with Crippen LogP contribution in [0, 0.1) is 5.82 Å². The maximum absolute atomic E-state index is 14.6. The molecule has 144 valence electrons. The van der Waals surface area contributed by atoms with E-state index in [4.69, 9.17) is 9.47 Å². The second-order valence-electron chi connectivity index (χ2n) is 6.18. The normalized spacial score (nSPS) is 11.6. The Hall–Kier alpha value is -2.89. The van der Waals surface area contributed by atoms with Gasteiger partial charge in [0.25, 0.3) is 0 Å². The molecule has 5 nitrogen and oxygen atoms in total. The van der Waals surface area contributed by atoms with Gasteiger partial charge in [0, 0.05) is 12.1 Å². The first-order valence-corrected chi connectivity index (χ1v) is 8.89. The van der Waals surface area contributed by atoms with Gasteiger partial charge in [0.15, 0.2) is 0 Å². The van der Waals surface area contributed by atoms with Gasteiger partial charge in [-0.05, 0) is 42.7 Å². The van der Waals surface area contributed by atoms with E-state index in [9.17, 15) is 14.0 Å². The van der Waals surface area contributed by atoms with Crippen LogP contribution in [-0.2, 0) is 9.53 Å². The van der Waals surface area contributed by atoms with Crippen LogP contribution in [0.1, 0.15) is 38.2 Å². The van der Waals surface area contributed by atoms with Crippen molar-refractivity contribution < 1.29 is 23.5 Å². The lowest BCUT2D eigenvalue weighted by molar-refractivity contribution is -0.141. The van der Waals surface area contributed by atoms with E-state index < -0.39 is 23.8 Å². The van der Waals surface area contributed by atoms with Crippen molar-refractivity contribution in [3.05, 3.63) is 53.8 Å². The van der Waals surface area contributed by atoms with Crippen molar-refractivity contribution in [1.29, 1.82) is 0 Å². The maximum atomic E-state index is 14.6. The number of benzene rings is 2. The average molecular weight is 373 g/mol. The van der Waals surface area contributed by atoms with E-state index in [1.165, 1.54) is 13.2 Å². The zero-order valence-electron chi connectivity index (χ0n) is 15.8. The van der Waals surface area contributed by atoms with Gasteiger partial charge < -0.3 is 14.8 Å². The van der Waals surface area contributed by atoms with Crippen LogP contribution in [-0.4, -0.2) is 25.7 Å². The summed E-state index contributed by atoms with van der Waals surface area (Å²) in [5.74, 6) is -1.12. The lowest BCUT2D eigenvalue weighted by Gasteiger charge is -2.12. The minimum atomic E-state index is -0.556. The van der Waals surface area contributed by atoms with Crippen molar-refractivity contribution in [2.24, 2.45) is 0 Å². The highest BCUT2D eigenvalue weighted by molar-refractivity contribution is 5.78. The Kier molecular flexibility index (Phi) is 7.34. The lowest BCUT2D eigenvalue weighted by atomic mass is 9.97. The maximum Gasteiger partial charge on any atom is 0.412 e. The number of esters is 1. The summed E-state index contributed by atoms with van der Waals surface area (Å²) in [6, 6.07) is 11.3. The van der Waals surface area contributed by atoms with E-state index in [0.717, 1.165) is 12.8 Å². The molecule has 1 unspecified atom stereocenters. The van der Waals surface area contributed by atoms with Crippen LogP contribution in [0.25, 0.3) is 11.1 Å². The molecule has 6 heteroatoms. The van der Waals surface area contributed by atoms with Crippen LogP contribution in [0.15, 0.2) is 42.5 Å². The number of nitrogens with one attached hydrogen (secondary N) is 1. The fourth-order valence-electron chi connectivity index (χ4n) is 2.59. The lowest BCUT2D eigenvalue weighted by Crippen LogP contribution is -2.27. The van der Waals surface area contributed by atoms with Crippen molar-refractivity contribution >= 4 is 12.1 Å². The topological polar surface area (TPSA) is 64.6 Å². The molecule has 0 fully saturated rings. The molecule has 1 atom stereocenters. The van der Waals surface area contributed by atoms with Gasteiger partial charge in [-0.2, -0.15) is 0 Å². The quantitative estimate of drug-likeness (QED) is 0.566. The van der Waals surface area contributed by atoms with Crippen LogP contribution < -0.4 is 10.1 Å². The van der Waals surface area contributed by atoms with E-state index in [1.807, 2.05) is 6.92 Å². The Morgan fingerprint density at radius 2 is 1.96 bits per heavy atom. The summed E-state index contributed by atoms with van der Waals surface area (Å²) >= 11 is 0. The molecular weight excluding hydrogens is 349 g/mol. The summed E-state index contributed by atoms with van der Waals surface area (Å²) in [6.07, 6.45) is 1.30. The second kappa shape index (κ2) is 9.71. The summed E-state index contributed by atoms with van der Waals surface area (Å²) < 4.78 is 24.5. The largest absolute Gasteiger partial charge is 0.469 e. The monoisotopic (exact) mass is 373 g/mol. The fourth-order valence-corrected chi connectivity index (χ4v) is 2.59. The van der Waals surface area contributed by atoms with Crippen LogP contribution in [0.5, 0.6) is 5.75 Å². The molecule has 0 heterocycles. The first-order chi connectivity index (χ1) is 13.0. The number of methoxy groups -OCH3 is 1. The Morgan fingerprint density at radius 3 is 2.63 bits per heavy atom. The molecular formula is C21H24FNO4. The zero-order valence-corrected chi connectivity index (χ0v) is 15.8. The Labute approximate surface area is 158 Å².